The molecule has 4 atom stereocenters. The minimum absolute atomic E-state index is 0.404. The van der Waals surface area contributed by atoms with Gasteiger partial charge < -0.3 is 15.3 Å². The molecule has 4 nitrogen and oxygen atoms in total. The minimum Gasteiger partial charge on any atom is -0.393 e. The van der Waals surface area contributed by atoms with Crippen LogP contribution in [0.15, 0.2) is 0 Å². The van der Waals surface area contributed by atoms with Crippen molar-refractivity contribution in [1.82, 2.24) is 5.73 Å². The molecule has 0 saturated heterocycles. The van der Waals surface area contributed by atoms with Crippen LogP contribution < -0.4 is 5.73 Å². The largest absolute Gasteiger partial charge is 0.393 e. The highest BCUT2D eigenvalue weighted by Gasteiger charge is 2.46. The molecule has 4 heteroatoms. The molecule has 0 aliphatic rings. The van der Waals surface area contributed by atoms with Gasteiger partial charge in [-0.3, -0.25) is 0 Å². The summed E-state index contributed by atoms with van der Waals surface area (Å²) < 4.78 is 0. The highest BCUT2D eigenvalue weighted by atomic mass is 16.3. The Balaban J connectivity index is 5.06. The normalized spacial score (nSPS) is 23.2. The third-order valence-electron chi connectivity index (χ3n) is 3.63. The van der Waals surface area contributed by atoms with Crippen LogP contribution in [0.1, 0.15) is 47.0 Å². The number of aliphatic hydroxyl groups excluding tert-OH is 3. The summed E-state index contributed by atoms with van der Waals surface area (Å²) in [5.41, 5.74) is 6.92. The first-order chi connectivity index (χ1) is 7.35. The number of rotatable bonds is 7. The number of nitrogens with one attached hydrogen (secondary N) is 1. The van der Waals surface area contributed by atoms with Crippen LogP contribution in [-0.4, -0.2) is 39.2 Å². The average Bonchev–Trinajstić information content (AvgIpc) is 2.33. The van der Waals surface area contributed by atoms with Crippen LogP contribution in [0.2, 0.25) is 0 Å². The summed E-state index contributed by atoms with van der Waals surface area (Å²) >= 11 is 0. The van der Waals surface area contributed by atoms with E-state index in [0.29, 0.717) is 19.3 Å². The van der Waals surface area contributed by atoms with E-state index in [1.54, 1.807) is 20.8 Å². The van der Waals surface area contributed by atoms with Crippen LogP contribution in [0, 0.1) is 5.92 Å². The van der Waals surface area contributed by atoms with Gasteiger partial charge in [0.1, 0.15) is 0 Å². The molecular weight excluding hydrogens is 206 g/mol. The van der Waals surface area contributed by atoms with E-state index in [-0.39, 0.29) is 0 Å². The molecule has 0 spiro atoms. The lowest BCUT2D eigenvalue weighted by Gasteiger charge is -2.43. The van der Waals surface area contributed by atoms with Crippen LogP contribution in [0.5, 0.6) is 0 Å². The van der Waals surface area contributed by atoms with Crippen LogP contribution in [0.4, 0.5) is 0 Å². The monoisotopic (exact) mass is 232 g/mol. The second kappa shape index (κ2) is 6.55. The van der Waals surface area contributed by atoms with Gasteiger partial charge in [-0.2, -0.15) is 0 Å². The van der Waals surface area contributed by atoms with E-state index < -0.39 is 29.8 Å². The lowest BCUT2D eigenvalue weighted by atomic mass is 9.72. The highest BCUT2D eigenvalue weighted by Crippen LogP contribution is 2.31. The number of hydrogen-bond donors (Lipinski definition) is 3. The molecule has 1 radical (unpaired) electrons. The molecule has 0 heterocycles. The van der Waals surface area contributed by atoms with Crippen molar-refractivity contribution in [3.8, 4) is 0 Å². The van der Waals surface area contributed by atoms with Gasteiger partial charge >= 0.3 is 0 Å². The topological polar surface area (TPSA) is 84.5 Å². The van der Waals surface area contributed by atoms with E-state index in [1.165, 1.54) is 0 Å². The molecule has 0 aromatic rings. The van der Waals surface area contributed by atoms with E-state index in [0.717, 1.165) is 0 Å². The van der Waals surface area contributed by atoms with Gasteiger partial charge in [-0.1, -0.05) is 27.7 Å². The van der Waals surface area contributed by atoms with Gasteiger partial charge in [0, 0.05) is 5.92 Å². The van der Waals surface area contributed by atoms with Gasteiger partial charge in [0.15, 0.2) is 0 Å². The number of aliphatic hydroxyl groups is 3. The second-order valence-electron chi connectivity index (χ2n) is 4.55. The fourth-order valence-corrected chi connectivity index (χ4v) is 2.18. The standard InChI is InChI=1S/C12H26NO3/c1-5-9(14)8(4)12(13,10(15)6-2)11(16)7-3/h8-11,13-16H,5-7H2,1-4H3. The van der Waals surface area contributed by atoms with E-state index in [9.17, 15) is 15.3 Å². The molecule has 97 valence electrons. The fraction of sp³-hybridized carbons (Fsp3) is 1.00. The summed E-state index contributed by atoms with van der Waals surface area (Å²) in [6, 6.07) is 0. The Bertz CT molecular complexity index is 189. The lowest BCUT2D eigenvalue weighted by Crippen LogP contribution is -2.60. The van der Waals surface area contributed by atoms with Crippen LogP contribution in [0.25, 0.3) is 0 Å². The van der Waals surface area contributed by atoms with Crippen LogP contribution in [-0.2, 0) is 0 Å². The Kier molecular flexibility index (Phi) is 6.48. The molecule has 0 aliphatic heterocycles. The van der Waals surface area contributed by atoms with Gasteiger partial charge in [0.05, 0.1) is 23.9 Å². The third-order valence-corrected chi connectivity index (χ3v) is 3.63. The Morgan fingerprint density at radius 1 is 0.938 bits per heavy atom. The number of hydrogen-bond acceptors (Lipinski definition) is 3. The van der Waals surface area contributed by atoms with Crippen molar-refractivity contribution in [1.29, 1.82) is 0 Å². The summed E-state index contributed by atoms with van der Waals surface area (Å²) in [7, 11) is 0. The zero-order chi connectivity index (χ0) is 12.9. The quantitative estimate of drug-likeness (QED) is 0.611. The molecule has 0 fully saturated rings. The van der Waals surface area contributed by atoms with Crippen molar-refractivity contribution < 1.29 is 15.3 Å². The van der Waals surface area contributed by atoms with E-state index >= 15 is 0 Å². The van der Waals surface area contributed by atoms with Crippen LogP contribution >= 0.6 is 0 Å². The molecule has 0 aliphatic carbocycles. The summed E-state index contributed by atoms with van der Waals surface area (Å²) in [6.45, 7) is 7.11. The SMILES string of the molecule is CCC(O)C(C)C([NH])(C(O)CC)C(O)CC. The summed E-state index contributed by atoms with van der Waals surface area (Å²) in [4.78, 5) is 0. The van der Waals surface area contributed by atoms with Crippen molar-refractivity contribution in [2.24, 2.45) is 5.92 Å². The first kappa shape index (κ1) is 15.8. The minimum atomic E-state index is -1.39. The second-order valence-corrected chi connectivity index (χ2v) is 4.55. The van der Waals surface area contributed by atoms with Crippen LogP contribution in [0.3, 0.4) is 0 Å². The molecule has 4 N–H and O–H groups in total. The first-order valence-corrected chi connectivity index (χ1v) is 6.15. The molecule has 0 aromatic heterocycles. The first-order valence-electron chi connectivity index (χ1n) is 6.15. The van der Waals surface area contributed by atoms with E-state index in [2.05, 4.69) is 0 Å². The summed E-state index contributed by atoms with van der Waals surface area (Å²) in [5, 5.41) is 29.7. The average molecular weight is 232 g/mol. The van der Waals surface area contributed by atoms with Gasteiger partial charge in [-0.25, -0.2) is 5.73 Å². The fourth-order valence-electron chi connectivity index (χ4n) is 2.18. The summed E-state index contributed by atoms with van der Waals surface area (Å²) in [5.74, 6) is -0.456. The predicted octanol–water partition coefficient (Wildman–Crippen LogP) is 0.957. The maximum Gasteiger partial charge on any atom is 0.0889 e. The van der Waals surface area contributed by atoms with Gasteiger partial charge in [-0.15, -0.1) is 0 Å². The highest BCUT2D eigenvalue weighted by molar-refractivity contribution is 5.02. The van der Waals surface area contributed by atoms with Gasteiger partial charge in [0.25, 0.3) is 0 Å². The van der Waals surface area contributed by atoms with Crippen molar-refractivity contribution in [3.05, 3.63) is 0 Å². The maximum atomic E-state index is 9.93. The van der Waals surface area contributed by atoms with Crippen molar-refractivity contribution in [2.75, 3.05) is 0 Å². The molecule has 0 amide bonds. The Morgan fingerprint density at radius 2 is 1.31 bits per heavy atom. The Labute approximate surface area is 98.5 Å². The predicted molar refractivity (Wildman–Crippen MR) is 63.9 cm³/mol. The van der Waals surface area contributed by atoms with Crippen molar-refractivity contribution in [3.63, 3.8) is 0 Å². The molecule has 0 saturated carbocycles. The molecule has 0 rings (SSSR count). The zero-order valence-corrected chi connectivity index (χ0v) is 10.8. The van der Waals surface area contributed by atoms with E-state index in [1.807, 2.05) is 6.92 Å². The Hall–Kier alpha value is -0.160. The molecule has 4 unspecified atom stereocenters. The molecule has 16 heavy (non-hydrogen) atoms. The molecule has 0 bridgehead atoms. The Morgan fingerprint density at radius 3 is 1.56 bits per heavy atom. The zero-order valence-electron chi connectivity index (χ0n) is 10.8. The molecular formula is C12H26NO3. The smallest absolute Gasteiger partial charge is 0.0889 e. The van der Waals surface area contributed by atoms with Gasteiger partial charge in [-0.05, 0) is 19.3 Å². The summed E-state index contributed by atoms with van der Waals surface area (Å²) in [6.07, 6.45) is -1.17. The maximum absolute atomic E-state index is 9.93. The van der Waals surface area contributed by atoms with Crippen molar-refractivity contribution in [2.45, 2.75) is 70.8 Å². The van der Waals surface area contributed by atoms with Crippen molar-refractivity contribution >= 4 is 0 Å². The lowest BCUT2D eigenvalue weighted by molar-refractivity contribution is -0.0782. The molecule has 0 aromatic carbocycles. The van der Waals surface area contributed by atoms with Gasteiger partial charge in [0.2, 0.25) is 0 Å². The van der Waals surface area contributed by atoms with E-state index in [4.69, 9.17) is 5.73 Å². The third kappa shape index (κ3) is 2.94.